The van der Waals surface area contributed by atoms with E-state index in [1.807, 2.05) is 48.5 Å². The number of nitriles is 2. The van der Waals surface area contributed by atoms with Crippen molar-refractivity contribution in [3.8, 4) is 12.1 Å². The second-order valence-corrected chi connectivity index (χ2v) is 15.9. The number of benzene rings is 6. The Morgan fingerprint density at radius 1 is 0.392 bits per heavy atom. The monoisotopic (exact) mass is 813 g/mol. The molecule has 0 heterocycles. The Bertz CT molecular complexity index is 1630. The van der Waals surface area contributed by atoms with Crippen LogP contribution in [0.3, 0.4) is 0 Å². The largest absolute Gasteiger partial charge is 2.00 e. The zero-order valence-electron chi connectivity index (χ0n) is 27.7. The molecule has 0 atom stereocenters. The van der Waals surface area contributed by atoms with E-state index < -0.39 is 23.1 Å². The molecular weight excluding hydrogens is 776 g/mol. The normalized spacial score (nSPS) is 9.96. The van der Waals surface area contributed by atoms with Crippen LogP contribution in [0.5, 0.6) is 0 Å². The predicted octanol–water partition coefficient (Wildman–Crippen LogP) is 9.52. The van der Waals surface area contributed by atoms with Gasteiger partial charge >= 0.3 is 27.7 Å². The van der Waals surface area contributed by atoms with Gasteiger partial charge in [-0.2, -0.15) is 10.5 Å². The number of rotatable bonds is 8. The van der Waals surface area contributed by atoms with Gasteiger partial charge in [0.25, 0.3) is 0 Å². The molecule has 0 aliphatic carbocycles. The topological polar surface area (TPSA) is 47.6 Å². The molecule has 0 N–H and O–H groups in total. The summed E-state index contributed by atoms with van der Waals surface area (Å²) < 4.78 is 39.0. The van der Waals surface area contributed by atoms with Gasteiger partial charge in [0.15, 0.2) is 0 Å². The van der Waals surface area contributed by atoms with Gasteiger partial charge in [-0.25, -0.2) is 0 Å². The molecule has 0 bridgehead atoms. The van der Waals surface area contributed by atoms with E-state index in [0.29, 0.717) is 11.1 Å². The van der Waals surface area contributed by atoms with E-state index in [2.05, 4.69) is 121 Å². The van der Waals surface area contributed by atoms with Crippen LogP contribution in [0.4, 0.5) is 17.3 Å². The predicted molar refractivity (Wildman–Crippen MR) is 208 cm³/mol. The van der Waals surface area contributed by atoms with Gasteiger partial charge in [0, 0.05) is 6.42 Å². The third kappa shape index (κ3) is 17.9. The Labute approximate surface area is 315 Å². The van der Waals surface area contributed by atoms with Gasteiger partial charge in [-0.15, -0.1) is 0 Å². The van der Waals surface area contributed by atoms with Gasteiger partial charge in [0.2, 0.25) is 0 Å². The molecule has 6 rings (SSSR count). The van der Waals surface area contributed by atoms with Crippen molar-refractivity contribution in [1.82, 2.24) is 0 Å². The number of nitrogens with zero attached hydrogens (tertiary/aromatic N) is 2. The van der Waals surface area contributed by atoms with Crippen LogP contribution in [0.25, 0.3) is 0 Å². The Morgan fingerprint density at radius 3 is 0.765 bits per heavy atom. The third-order valence-electron chi connectivity index (χ3n) is 7.15. The van der Waals surface area contributed by atoms with E-state index in [9.17, 15) is 17.3 Å². The molecule has 6 aromatic carbocycles. The van der Waals surface area contributed by atoms with Crippen molar-refractivity contribution < 1.29 is 37.7 Å². The zero-order chi connectivity index (χ0) is 35.9. The SMILES string of the molecule is F[B-](F)(F)F.N#Cc1ccccc1.N#Cc1ccccc1.[Pd+2].c1ccc([PH+](CCC[PH+](c2ccccc2)c2ccccc2)c2ccccc2)cc1. The summed E-state index contributed by atoms with van der Waals surface area (Å²) in [5, 5.41) is 22.7. The van der Waals surface area contributed by atoms with Crippen molar-refractivity contribution in [1.29, 1.82) is 10.5 Å². The van der Waals surface area contributed by atoms with Crippen molar-refractivity contribution in [3.63, 3.8) is 0 Å². The Morgan fingerprint density at radius 2 is 0.588 bits per heavy atom. The first-order valence-electron chi connectivity index (χ1n) is 16.0. The average molecular weight is 814 g/mol. The maximum Gasteiger partial charge on any atom is 2.00 e. The minimum absolute atomic E-state index is 0. The number of halogens is 4. The third-order valence-corrected chi connectivity index (χ3v) is 13.0. The van der Waals surface area contributed by atoms with Gasteiger partial charge in [-0.3, -0.25) is 0 Å². The van der Waals surface area contributed by atoms with Crippen LogP contribution in [-0.2, 0) is 20.4 Å². The van der Waals surface area contributed by atoms with Crippen molar-refractivity contribution in [2.75, 3.05) is 12.3 Å². The first kappa shape index (κ1) is 42.8. The fourth-order valence-corrected chi connectivity index (χ4v) is 10.6. The van der Waals surface area contributed by atoms with Crippen LogP contribution in [0.15, 0.2) is 182 Å². The molecule has 0 saturated carbocycles. The smallest absolute Gasteiger partial charge is 0.418 e. The van der Waals surface area contributed by atoms with Gasteiger partial charge in [-0.1, -0.05) is 109 Å². The molecular formula is C41H38BF4N2P2Pd+3. The van der Waals surface area contributed by atoms with E-state index >= 15 is 0 Å². The summed E-state index contributed by atoms with van der Waals surface area (Å²) in [7, 11) is -7.48. The summed E-state index contributed by atoms with van der Waals surface area (Å²) in [6.07, 6.45) is 3.84. The molecule has 0 aromatic heterocycles. The molecule has 0 amide bonds. The summed E-state index contributed by atoms with van der Waals surface area (Å²) >= 11 is 0. The van der Waals surface area contributed by atoms with E-state index in [1.165, 1.54) is 40.0 Å². The molecule has 0 aliphatic rings. The molecule has 260 valence electrons. The standard InChI is InChI=1S/C27H26P2.2C7H5N.BF4.Pd/c1-5-14-24(15-6-1)28(25-16-7-2-8-17-25)22-13-23-29(26-18-9-3-10-19-26)27-20-11-4-12-21-27;2*8-6-7-4-2-1-3-5-7;2-1(3,4)5;/h1-12,14-21H,13,22-23H2;2*1-5H;;/q;;;-1;+2/p+2. The molecule has 6 aromatic rings. The van der Waals surface area contributed by atoms with E-state index in [4.69, 9.17) is 10.5 Å². The maximum absolute atomic E-state index is 9.75. The van der Waals surface area contributed by atoms with Crippen LogP contribution in [-0.4, -0.2) is 19.6 Å². The van der Waals surface area contributed by atoms with Crippen molar-refractivity contribution in [2.45, 2.75) is 6.42 Å². The fourth-order valence-electron chi connectivity index (χ4n) is 4.94. The van der Waals surface area contributed by atoms with Crippen LogP contribution in [0, 0.1) is 22.7 Å². The van der Waals surface area contributed by atoms with Crippen LogP contribution in [0.2, 0.25) is 0 Å². The summed E-state index contributed by atoms with van der Waals surface area (Å²) in [6.45, 7) is 0. The van der Waals surface area contributed by atoms with E-state index in [1.54, 1.807) is 24.3 Å². The molecule has 0 fully saturated rings. The first-order chi connectivity index (χ1) is 24.3. The van der Waals surface area contributed by atoms with Crippen LogP contribution in [0.1, 0.15) is 17.5 Å². The fraction of sp³-hybridized carbons (Fsp3) is 0.0732. The Balaban J connectivity index is 0.000000332. The summed E-state index contributed by atoms with van der Waals surface area (Å²) in [5.41, 5.74) is 1.43. The minimum atomic E-state index is -6.00. The van der Waals surface area contributed by atoms with Crippen molar-refractivity contribution >= 4 is 44.3 Å². The van der Waals surface area contributed by atoms with Crippen LogP contribution >= 0.6 is 15.8 Å². The Kier molecular flexibility index (Phi) is 20.7. The van der Waals surface area contributed by atoms with Crippen molar-refractivity contribution in [2.24, 2.45) is 0 Å². The van der Waals surface area contributed by atoms with Gasteiger partial charge in [-0.05, 0) is 72.8 Å². The van der Waals surface area contributed by atoms with Gasteiger partial charge in [0.05, 0.1) is 72.7 Å². The number of hydrogen-bond acceptors (Lipinski definition) is 2. The second-order valence-electron chi connectivity index (χ2n) is 10.7. The molecule has 0 spiro atoms. The molecule has 0 saturated heterocycles. The summed E-state index contributed by atoms with van der Waals surface area (Å²) in [6, 6.07) is 66.9. The van der Waals surface area contributed by atoms with E-state index in [0.717, 1.165) is 0 Å². The zero-order valence-corrected chi connectivity index (χ0v) is 31.3. The maximum atomic E-state index is 9.75. The van der Waals surface area contributed by atoms with Gasteiger partial charge in [0.1, 0.15) is 0 Å². The first-order valence-corrected chi connectivity index (χ1v) is 19.4. The second kappa shape index (κ2) is 24.7. The number of hydrogen-bond donors (Lipinski definition) is 0. The quantitative estimate of drug-likeness (QED) is 0.0874. The minimum Gasteiger partial charge on any atom is -0.418 e. The molecule has 2 nitrogen and oxygen atoms in total. The molecule has 10 heteroatoms. The average Bonchev–Trinajstić information content (AvgIpc) is 3.17. The van der Waals surface area contributed by atoms with Crippen molar-refractivity contribution in [3.05, 3.63) is 193 Å². The van der Waals surface area contributed by atoms with E-state index in [-0.39, 0.29) is 20.4 Å². The summed E-state index contributed by atoms with van der Waals surface area (Å²) in [4.78, 5) is 0. The van der Waals surface area contributed by atoms with Crippen LogP contribution < -0.4 is 21.2 Å². The van der Waals surface area contributed by atoms with Gasteiger partial charge < -0.3 is 17.3 Å². The molecule has 0 radical (unpaired) electrons. The Hall–Kier alpha value is -4.39. The molecule has 0 unspecified atom stereocenters. The molecule has 51 heavy (non-hydrogen) atoms. The molecule has 0 aliphatic heterocycles. The summed E-state index contributed by atoms with van der Waals surface area (Å²) in [5.74, 6) is 0.